The van der Waals surface area contributed by atoms with E-state index in [-0.39, 0.29) is 0 Å². The number of hydrogen-bond acceptors (Lipinski definition) is 3. The summed E-state index contributed by atoms with van der Waals surface area (Å²) < 4.78 is 7.91. The summed E-state index contributed by atoms with van der Waals surface area (Å²) in [6, 6.07) is 16.2. The smallest absolute Gasteiger partial charge is 0.138 e. The maximum absolute atomic E-state index is 9.97. The van der Waals surface area contributed by atoms with Crippen LogP contribution in [-0.2, 0) is 13.0 Å². The minimum atomic E-state index is -0.583. The second-order valence-corrected chi connectivity index (χ2v) is 5.99. The molecular formula is C20H24N2O2. The number of benzene rings is 2. The van der Waals surface area contributed by atoms with Crippen LogP contribution in [0, 0.1) is 0 Å². The Morgan fingerprint density at radius 3 is 2.58 bits per heavy atom. The normalized spacial score (nSPS) is 12.5. The topological polar surface area (TPSA) is 47.3 Å². The number of para-hydroxylation sites is 2. The van der Waals surface area contributed by atoms with Crippen molar-refractivity contribution in [3.05, 3.63) is 59.9 Å². The highest BCUT2D eigenvalue weighted by Crippen LogP contribution is 2.21. The molecule has 0 bridgehead atoms. The number of imidazole rings is 1. The Kier molecular flexibility index (Phi) is 5.16. The van der Waals surface area contributed by atoms with Crippen LogP contribution in [0.15, 0.2) is 48.5 Å². The molecule has 4 heteroatoms. The average molecular weight is 324 g/mol. The minimum absolute atomic E-state index is 0.583. The third-order valence-corrected chi connectivity index (χ3v) is 4.18. The zero-order valence-corrected chi connectivity index (χ0v) is 14.3. The summed E-state index contributed by atoms with van der Waals surface area (Å²) in [6.45, 7) is 5.31. The van der Waals surface area contributed by atoms with Crippen LogP contribution in [0.2, 0.25) is 0 Å². The molecule has 0 saturated carbocycles. The fraction of sp³-hybridized carbons (Fsp3) is 0.350. The van der Waals surface area contributed by atoms with Gasteiger partial charge in [-0.2, -0.15) is 0 Å². The van der Waals surface area contributed by atoms with E-state index in [9.17, 15) is 5.11 Å². The van der Waals surface area contributed by atoms with Crippen LogP contribution < -0.4 is 4.74 Å². The zero-order valence-electron chi connectivity index (χ0n) is 14.3. The molecular weight excluding hydrogens is 300 g/mol. The van der Waals surface area contributed by atoms with E-state index in [1.165, 1.54) is 5.56 Å². The second kappa shape index (κ2) is 7.49. The van der Waals surface area contributed by atoms with E-state index in [2.05, 4.69) is 28.6 Å². The van der Waals surface area contributed by atoms with Gasteiger partial charge in [0.1, 0.15) is 17.7 Å². The number of fused-ring (bicyclic) bond motifs is 1. The van der Waals surface area contributed by atoms with Gasteiger partial charge in [-0.05, 0) is 49.6 Å². The van der Waals surface area contributed by atoms with E-state index in [1.807, 2.05) is 36.4 Å². The molecule has 126 valence electrons. The summed E-state index contributed by atoms with van der Waals surface area (Å²) in [7, 11) is 0. The summed E-state index contributed by atoms with van der Waals surface area (Å²) in [5.41, 5.74) is 3.29. The second-order valence-electron chi connectivity index (χ2n) is 5.99. The number of nitrogens with zero attached hydrogens (tertiary/aromatic N) is 2. The average Bonchev–Trinajstić information content (AvgIpc) is 2.98. The van der Waals surface area contributed by atoms with Crippen molar-refractivity contribution >= 4 is 11.0 Å². The largest absolute Gasteiger partial charge is 0.494 e. The van der Waals surface area contributed by atoms with Gasteiger partial charge in [-0.3, -0.25) is 0 Å². The Morgan fingerprint density at radius 2 is 1.88 bits per heavy atom. The fourth-order valence-electron chi connectivity index (χ4n) is 2.88. The molecule has 3 rings (SSSR count). The third kappa shape index (κ3) is 3.60. The molecule has 1 N–H and O–H groups in total. The lowest BCUT2D eigenvalue weighted by atomic mass is 10.2. The van der Waals surface area contributed by atoms with Gasteiger partial charge in [-0.15, -0.1) is 0 Å². The van der Waals surface area contributed by atoms with E-state index in [4.69, 9.17) is 4.74 Å². The van der Waals surface area contributed by atoms with Crippen LogP contribution >= 0.6 is 0 Å². The van der Waals surface area contributed by atoms with Gasteiger partial charge in [0.05, 0.1) is 17.6 Å². The molecule has 0 amide bonds. The first kappa shape index (κ1) is 16.5. The van der Waals surface area contributed by atoms with Crippen LogP contribution in [0.3, 0.4) is 0 Å². The molecule has 1 aromatic heterocycles. The van der Waals surface area contributed by atoms with Gasteiger partial charge in [0.2, 0.25) is 0 Å². The molecule has 0 radical (unpaired) electrons. The monoisotopic (exact) mass is 324 g/mol. The van der Waals surface area contributed by atoms with Crippen LogP contribution in [0.5, 0.6) is 5.75 Å². The van der Waals surface area contributed by atoms with Gasteiger partial charge < -0.3 is 14.4 Å². The van der Waals surface area contributed by atoms with Crippen LogP contribution in [0.4, 0.5) is 0 Å². The standard InChI is InChI=1S/C20H24N2O2/c1-3-16-9-11-17(12-10-16)24-14-6-13-22-19-8-5-4-7-18(19)21-20(22)15(2)23/h4-5,7-12,15,23H,3,6,13-14H2,1-2H3/t15-/m1/s1. The van der Waals surface area contributed by atoms with Crippen molar-refractivity contribution in [2.75, 3.05) is 6.61 Å². The van der Waals surface area contributed by atoms with Crippen LogP contribution in [0.1, 0.15) is 37.8 Å². The fourth-order valence-corrected chi connectivity index (χ4v) is 2.88. The quantitative estimate of drug-likeness (QED) is 0.665. The maximum Gasteiger partial charge on any atom is 0.138 e. The van der Waals surface area contributed by atoms with Gasteiger partial charge in [-0.1, -0.05) is 31.2 Å². The van der Waals surface area contributed by atoms with E-state index >= 15 is 0 Å². The lowest BCUT2D eigenvalue weighted by Crippen LogP contribution is -2.09. The molecule has 0 spiro atoms. The number of ether oxygens (including phenoxy) is 1. The van der Waals surface area contributed by atoms with Crippen molar-refractivity contribution in [2.24, 2.45) is 0 Å². The zero-order chi connectivity index (χ0) is 16.9. The Morgan fingerprint density at radius 1 is 1.12 bits per heavy atom. The van der Waals surface area contributed by atoms with Gasteiger partial charge in [0, 0.05) is 6.54 Å². The van der Waals surface area contributed by atoms with Crippen molar-refractivity contribution in [2.45, 2.75) is 39.3 Å². The van der Waals surface area contributed by atoms with Crippen molar-refractivity contribution < 1.29 is 9.84 Å². The first-order valence-corrected chi connectivity index (χ1v) is 8.54. The third-order valence-electron chi connectivity index (χ3n) is 4.18. The number of rotatable bonds is 7. The molecule has 0 unspecified atom stereocenters. The molecule has 0 aliphatic heterocycles. The molecule has 0 aliphatic rings. The molecule has 24 heavy (non-hydrogen) atoms. The SMILES string of the molecule is CCc1ccc(OCCCn2c([C@@H](C)O)nc3ccccc32)cc1. The summed E-state index contributed by atoms with van der Waals surface area (Å²) in [5.74, 6) is 1.61. The van der Waals surface area contributed by atoms with Gasteiger partial charge in [0.15, 0.2) is 0 Å². The number of aryl methyl sites for hydroxylation is 2. The highest BCUT2D eigenvalue weighted by Gasteiger charge is 2.14. The summed E-state index contributed by atoms with van der Waals surface area (Å²) >= 11 is 0. The summed E-state index contributed by atoms with van der Waals surface area (Å²) in [4.78, 5) is 4.54. The van der Waals surface area contributed by atoms with E-state index in [1.54, 1.807) is 6.92 Å². The van der Waals surface area contributed by atoms with Crippen LogP contribution in [-0.4, -0.2) is 21.3 Å². The molecule has 0 saturated heterocycles. The molecule has 0 fully saturated rings. The summed E-state index contributed by atoms with van der Waals surface area (Å²) in [5, 5.41) is 9.97. The van der Waals surface area contributed by atoms with E-state index in [0.29, 0.717) is 12.4 Å². The number of aliphatic hydroxyl groups excluding tert-OH is 1. The van der Waals surface area contributed by atoms with E-state index < -0.39 is 6.10 Å². The van der Waals surface area contributed by atoms with Crippen molar-refractivity contribution in [1.29, 1.82) is 0 Å². The number of hydrogen-bond donors (Lipinski definition) is 1. The Balaban J connectivity index is 1.63. The predicted octanol–water partition coefficient (Wildman–Crippen LogP) is 4.12. The van der Waals surface area contributed by atoms with Gasteiger partial charge in [0.25, 0.3) is 0 Å². The first-order valence-electron chi connectivity index (χ1n) is 8.54. The maximum atomic E-state index is 9.97. The number of aromatic nitrogens is 2. The van der Waals surface area contributed by atoms with E-state index in [0.717, 1.165) is 36.2 Å². The molecule has 3 aromatic rings. The highest BCUT2D eigenvalue weighted by molar-refractivity contribution is 5.75. The lowest BCUT2D eigenvalue weighted by Gasteiger charge is -2.12. The highest BCUT2D eigenvalue weighted by atomic mass is 16.5. The molecule has 2 aromatic carbocycles. The Hall–Kier alpha value is -2.33. The van der Waals surface area contributed by atoms with Crippen LogP contribution in [0.25, 0.3) is 11.0 Å². The minimum Gasteiger partial charge on any atom is -0.494 e. The van der Waals surface area contributed by atoms with Crippen molar-refractivity contribution in [3.63, 3.8) is 0 Å². The Bertz CT molecular complexity index is 791. The van der Waals surface area contributed by atoms with Gasteiger partial charge >= 0.3 is 0 Å². The van der Waals surface area contributed by atoms with Gasteiger partial charge in [-0.25, -0.2) is 4.98 Å². The molecule has 1 atom stereocenters. The molecule has 4 nitrogen and oxygen atoms in total. The summed E-state index contributed by atoms with van der Waals surface area (Å²) in [6.07, 6.45) is 1.31. The van der Waals surface area contributed by atoms with Crippen molar-refractivity contribution in [3.8, 4) is 5.75 Å². The first-order chi connectivity index (χ1) is 11.7. The molecule has 0 aliphatic carbocycles. The predicted molar refractivity (Wildman–Crippen MR) is 96.3 cm³/mol. The Labute approximate surface area is 142 Å². The van der Waals surface area contributed by atoms with Crippen molar-refractivity contribution in [1.82, 2.24) is 9.55 Å². The molecule has 1 heterocycles. The number of aliphatic hydroxyl groups is 1. The lowest BCUT2D eigenvalue weighted by molar-refractivity contribution is 0.183.